The largest absolute Gasteiger partial charge is 0.481 e. The molecule has 0 radical (unpaired) electrons. The summed E-state index contributed by atoms with van der Waals surface area (Å²) in [5.41, 5.74) is 5.07. The maximum atomic E-state index is 11.1. The number of nitrogens with one attached hydrogen (secondary N) is 1. The van der Waals surface area contributed by atoms with E-state index in [0.29, 0.717) is 33.8 Å². The number of fused-ring (bicyclic) bond motifs is 3. The molecule has 10 heteroatoms. The molecule has 182 valence electrons. The van der Waals surface area contributed by atoms with E-state index in [1.807, 2.05) is 30.3 Å². The Bertz CT molecular complexity index is 1420. The number of hydrogen-bond acceptors (Lipinski definition) is 8. The van der Waals surface area contributed by atoms with E-state index >= 15 is 0 Å². The van der Waals surface area contributed by atoms with Crippen molar-refractivity contribution in [3.8, 4) is 22.9 Å². The molecule has 1 aliphatic rings. The second-order valence-electron chi connectivity index (χ2n) is 8.07. The number of hydrogen-bond donors (Lipinski definition) is 2. The van der Waals surface area contributed by atoms with Crippen LogP contribution < -0.4 is 14.8 Å². The summed E-state index contributed by atoms with van der Waals surface area (Å²) in [5.74, 6) is 0.331. The molecule has 2 N–H and O–H groups in total. The number of nitrogens with zero attached hydrogens (tertiary/aromatic N) is 3. The van der Waals surface area contributed by atoms with Crippen LogP contribution in [0.3, 0.4) is 0 Å². The molecule has 0 fully saturated rings. The Balaban J connectivity index is 1.50. The number of aliphatic carboxylic acids is 1. The molecule has 1 aromatic heterocycles. The summed E-state index contributed by atoms with van der Waals surface area (Å²) in [4.78, 5) is 15.8. The van der Waals surface area contributed by atoms with Crippen molar-refractivity contribution in [2.75, 3.05) is 11.9 Å². The minimum atomic E-state index is -1.07. The third kappa shape index (κ3) is 5.44. The summed E-state index contributed by atoms with van der Waals surface area (Å²) < 4.78 is 12.7. The lowest BCUT2D eigenvalue weighted by atomic mass is 10.1. The SMILES string of the molecule is Cc1ccc(CSc2nnc3c(n2)O[C@H](c2cc(Br)ccc2OCC(=O)O)Nc2ccccc2-3)cc1. The van der Waals surface area contributed by atoms with Gasteiger partial charge < -0.3 is 19.9 Å². The molecule has 0 saturated carbocycles. The van der Waals surface area contributed by atoms with Crippen LogP contribution in [-0.2, 0) is 10.5 Å². The van der Waals surface area contributed by atoms with Gasteiger partial charge in [0.15, 0.2) is 12.3 Å². The number of aromatic nitrogens is 3. The molecule has 1 atom stereocenters. The van der Waals surface area contributed by atoms with E-state index in [-0.39, 0.29) is 0 Å². The topological polar surface area (TPSA) is 106 Å². The molecule has 0 bridgehead atoms. The van der Waals surface area contributed by atoms with Gasteiger partial charge in [0.1, 0.15) is 5.75 Å². The molecule has 0 aliphatic carbocycles. The third-order valence-electron chi connectivity index (χ3n) is 5.43. The number of carboxylic acid groups (broad SMARTS) is 1. The summed E-state index contributed by atoms with van der Waals surface area (Å²) >= 11 is 4.96. The Kier molecular flexibility index (Phi) is 7.06. The fraction of sp³-hybridized carbons (Fsp3) is 0.154. The zero-order valence-corrected chi connectivity index (χ0v) is 21.5. The first-order chi connectivity index (χ1) is 17.5. The van der Waals surface area contributed by atoms with Gasteiger partial charge in [0.2, 0.25) is 17.3 Å². The standard InChI is InChI=1S/C26H21BrN4O4S/c1-15-6-8-16(9-7-15)14-36-26-29-25-23(30-31-26)18-4-2-3-5-20(18)28-24(35-25)19-12-17(27)10-11-21(19)34-13-22(32)33/h2-12,24,28H,13-14H2,1H3,(H,32,33)/t24-/m1/s1. The van der Waals surface area contributed by atoms with Crippen LogP contribution in [0, 0.1) is 6.92 Å². The van der Waals surface area contributed by atoms with Crippen LogP contribution in [0.5, 0.6) is 11.6 Å². The van der Waals surface area contributed by atoms with E-state index in [1.54, 1.807) is 12.1 Å². The van der Waals surface area contributed by atoms with Gasteiger partial charge in [0.25, 0.3) is 0 Å². The highest BCUT2D eigenvalue weighted by Crippen LogP contribution is 2.41. The third-order valence-corrected chi connectivity index (χ3v) is 6.83. The van der Waals surface area contributed by atoms with Gasteiger partial charge in [0, 0.05) is 21.5 Å². The molecule has 0 amide bonds. The van der Waals surface area contributed by atoms with Crippen LogP contribution in [0.15, 0.2) is 76.4 Å². The minimum absolute atomic E-state index is 0.322. The van der Waals surface area contributed by atoms with Crippen molar-refractivity contribution < 1.29 is 19.4 Å². The van der Waals surface area contributed by atoms with Gasteiger partial charge >= 0.3 is 5.97 Å². The van der Waals surface area contributed by atoms with Crippen molar-refractivity contribution in [3.05, 3.63) is 87.9 Å². The van der Waals surface area contributed by atoms with Gasteiger partial charge in [-0.1, -0.05) is 75.7 Å². The second-order valence-corrected chi connectivity index (χ2v) is 9.93. The number of benzene rings is 3. The lowest BCUT2D eigenvalue weighted by Crippen LogP contribution is -2.19. The second kappa shape index (κ2) is 10.5. The van der Waals surface area contributed by atoms with Crippen molar-refractivity contribution in [2.45, 2.75) is 24.1 Å². The molecule has 36 heavy (non-hydrogen) atoms. The molecular formula is C26H21BrN4O4S. The quantitative estimate of drug-likeness (QED) is 0.266. The molecule has 5 rings (SSSR count). The number of para-hydroxylation sites is 1. The van der Waals surface area contributed by atoms with E-state index in [0.717, 1.165) is 21.3 Å². The van der Waals surface area contributed by atoms with Crippen molar-refractivity contribution in [3.63, 3.8) is 0 Å². The van der Waals surface area contributed by atoms with Crippen LogP contribution in [-0.4, -0.2) is 32.9 Å². The monoisotopic (exact) mass is 564 g/mol. The first kappa shape index (κ1) is 24.1. The van der Waals surface area contributed by atoms with Gasteiger partial charge in [-0.05, 0) is 36.8 Å². The zero-order valence-electron chi connectivity index (χ0n) is 19.1. The lowest BCUT2D eigenvalue weighted by Gasteiger charge is -2.22. The summed E-state index contributed by atoms with van der Waals surface area (Å²) in [6.45, 7) is 1.58. The average molecular weight is 565 g/mol. The fourth-order valence-electron chi connectivity index (χ4n) is 3.68. The van der Waals surface area contributed by atoms with Gasteiger partial charge in [-0.25, -0.2) is 4.79 Å². The molecule has 0 unspecified atom stereocenters. The van der Waals surface area contributed by atoms with Crippen LogP contribution in [0.25, 0.3) is 11.3 Å². The number of thioether (sulfide) groups is 1. The van der Waals surface area contributed by atoms with Crippen LogP contribution in [0.2, 0.25) is 0 Å². The Hall–Kier alpha value is -3.63. The normalized spacial score (nSPS) is 14.0. The fourth-order valence-corrected chi connectivity index (χ4v) is 4.79. The Morgan fingerprint density at radius 1 is 1.14 bits per heavy atom. The van der Waals surface area contributed by atoms with E-state index in [1.165, 1.54) is 17.3 Å². The van der Waals surface area contributed by atoms with E-state index in [4.69, 9.17) is 14.6 Å². The molecule has 1 aliphatic heterocycles. The van der Waals surface area contributed by atoms with Crippen molar-refractivity contribution in [1.82, 2.24) is 15.2 Å². The van der Waals surface area contributed by atoms with Gasteiger partial charge in [-0.2, -0.15) is 4.98 Å². The minimum Gasteiger partial charge on any atom is -0.481 e. The number of aryl methyl sites for hydroxylation is 1. The summed E-state index contributed by atoms with van der Waals surface area (Å²) in [6.07, 6.45) is -0.722. The first-order valence-corrected chi connectivity index (χ1v) is 12.8. The highest BCUT2D eigenvalue weighted by molar-refractivity contribution is 9.10. The number of carboxylic acids is 1. The van der Waals surface area contributed by atoms with Gasteiger partial charge in [-0.3, -0.25) is 0 Å². The van der Waals surface area contributed by atoms with Crippen molar-refractivity contribution in [2.24, 2.45) is 0 Å². The van der Waals surface area contributed by atoms with Crippen molar-refractivity contribution in [1.29, 1.82) is 0 Å². The Labute approximate surface area is 220 Å². The number of rotatable bonds is 7. The van der Waals surface area contributed by atoms with E-state index < -0.39 is 18.8 Å². The summed E-state index contributed by atoms with van der Waals surface area (Å²) in [6, 6.07) is 21.3. The predicted octanol–water partition coefficient (Wildman–Crippen LogP) is 5.87. The van der Waals surface area contributed by atoms with Gasteiger partial charge in [0.05, 0.1) is 5.56 Å². The number of carbonyl (C=O) groups is 1. The molecule has 2 heterocycles. The average Bonchev–Trinajstić information content (AvgIpc) is 3.04. The van der Waals surface area contributed by atoms with E-state index in [9.17, 15) is 4.79 Å². The molecule has 4 aromatic rings. The van der Waals surface area contributed by atoms with Crippen LogP contribution >= 0.6 is 27.7 Å². The Morgan fingerprint density at radius 3 is 2.75 bits per heavy atom. The molecule has 8 nitrogen and oxygen atoms in total. The number of ether oxygens (including phenoxy) is 2. The first-order valence-electron chi connectivity index (χ1n) is 11.1. The highest BCUT2D eigenvalue weighted by atomic mass is 79.9. The summed E-state index contributed by atoms with van der Waals surface area (Å²) in [5, 5.41) is 21.8. The number of halogens is 1. The molecule has 3 aromatic carbocycles. The summed E-state index contributed by atoms with van der Waals surface area (Å²) in [7, 11) is 0. The Morgan fingerprint density at radius 2 is 1.94 bits per heavy atom. The van der Waals surface area contributed by atoms with E-state index in [2.05, 4.69) is 67.6 Å². The zero-order chi connectivity index (χ0) is 25.1. The van der Waals surface area contributed by atoms with Crippen molar-refractivity contribution >= 4 is 39.3 Å². The number of anilines is 1. The highest BCUT2D eigenvalue weighted by Gasteiger charge is 2.28. The lowest BCUT2D eigenvalue weighted by molar-refractivity contribution is -0.139. The molecular weight excluding hydrogens is 544 g/mol. The predicted molar refractivity (Wildman–Crippen MR) is 140 cm³/mol. The maximum absolute atomic E-state index is 11.1. The van der Waals surface area contributed by atoms with Gasteiger partial charge in [-0.15, -0.1) is 10.2 Å². The maximum Gasteiger partial charge on any atom is 0.341 e. The van der Waals surface area contributed by atoms with Crippen LogP contribution in [0.4, 0.5) is 5.69 Å². The molecule has 0 saturated heterocycles. The smallest absolute Gasteiger partial charge is 0.341 e. The van der Waals surface area contributed by atoms with Crippen LogP contribution in [0.1, 0.15) is 22.9 Å². The molecule has 0 spiro atoms.